The Morgan fingerprint density at radius 3 is 2.87 bits per heavy atom. The second-order valence-electron chi connectivity index (χ2n) is 2.94. The van der Waals surface area contributed by atoms with Crippen LogP contribution in [0.4, 0.5) is 10.3 Å². The Bertz CT molecular complexity index is 502. The highest BCUT2D eigenvalue weighted by molar-refractivity contribution is 9.10. The lowest BCUT2D eigenvalue weighted by atomic mass is 10.1. The molecule has 2 rings (SSSR count). The van der Waals surface area contributed by atoms with Crippen LogP contribution in [0.2, 0.25) is 0 Å². The molecule has 0 aliphatic carbocycles. The van der Waals surface area contributed by atoms with Crippen molar-refractivity contribution in [2.45, 2.75) is 0 Å². The molecule has 0 saturated heterocycles. The smallest absolute Gasteiger partial charge is 0.220 e. The van der Waals surface area contributed by atoms with Crippen LogP contribution in [-0.4, -0.2) is 9.97 Å². The summed E-state index contributed by atoms with van der Waals surface area (Å²) in [6, 6.07) is 7.18. The third-order valence-corrected chi connectivity index (χ3v) is 2.35. The average Bonchev–Trinajstić information content (AvgIpc) is 2.22. The molecule has 0 unspecified atom stereocenters. The van der Waals surface area contributed by atoms with Crippen LogP contribution in [0.1, 0.15) is 0 Å². The first-order chi connectivity index (χ1) is 7.16. The van der Waals surface area contributed by atoms with Gasteiger partial charge < -0.3 is 5.73 Å². The minimum Gasteiger partial charge on any atom is -0.368 e. The molecule has 5 heteroatoms. The first-order valence-electron chi connectivity index (χ1n) is 4.21. The van der Waals surface area contributed by atoms with Gasteiger partial charge in [0.05, 0.1) is 6.20 Å². The molecule has 0 atom stereocenters. The van der Waals surface area contributed by atoms with Crippen LogP contribution < -0.4 is 5.73 Å². The largest absolute Gasteiger partial charge is 0.368 e. The van der Waals surface area contributed by atoms with Crippen LogP contribution in [0.5, 0.6) is 0 Å². The van der Waals surface area contributed by atoms with Crippen molar-refractivity contribution in [1.82, 2.24) is 9.97 Å². The van der Waals surface area contributed by atoms with Gasteiger partial charge in [-0.15, -0.1) is 0 Å². The van der Waals surface area contributed by atoms with Crippen molar-refractivity contribution in [3.8, 4) is 11.3 Å². The van der Waals surface area contributed by atoms with Gasteiger partial charge in [-0.3, -0.25) is 0 Å². The molecular formula is C10H7BrFN3. The van der Waals surface area contributed by atoms with Crippen LogP contribution in [0.3, 0.4) is 0 Å². The summed E-state index contributed by atoms with van der Waals surface area (Å²) < 4.78 is 14.2. The number of benzene rings is 1. The van der Waals surface area contributed by atoms with E-state index in [1.807, 2.05) is 6.07 Å². The van der Waals surface area contributed by atoms with Crippen LogP contribution in [-0.2, 0) is 0 Å². The van der Waals surface area contributed by atoms with E-state index in [0.29, 0.717) is 5.56 Å². The van der Waals surface area contributed by atoms with Gasteiger partial charge in [-0.05, 0) is 12.1 Å². The van der Waals surface area contributed by atoms with Gasteiger partial charge in [-0.25, -0.2) is 14.4 Å². The summed E-state index contributed by atoms with van der Waals surface area (Å²) in [5.74, 6) is -0.423. The molecule has 2 N–H and O–H groups in total. The van der Waals surface area contributed by atoms with E-state index in [9.17, 15) is 4.39 Å². The monoisotopic (exact) mass is 267 g/mol. The van der Waals surface area contributed by atoms with Crippen molar-refractivity contribution in [1.29, 1.82) is 0 Å². The molecule has 1 heterocycles. The van der Waals surface area contributed by atoms with Crippen LogP contribution in [0.25, 0.3) is 11.3 Å². The first-order valence-corrected chi connectivity index (χ1v) is 5.00. The van der Waals surface area contributed by atoms with Crippen molar-refractivity contribution >= 4 is 21.9 Å². The van der Waals surface area contributed by atoms with E-state index in [2.05, 4.69) is 25.9 Å². The Morgan fingerprint density at radius 1 is 1.33 bits per heavy atom. The highest BCUT2D eigenvalue weighted by atomic mass is 79.9. The van der Waals surface area contributed by atoms with Gasteiger partial charge in [-0.2, -0.15) is 0 Å². The third-order valence-electron chi connectivity index (χ3n) is 1.86. The average molecular weight is 268 g/mol. The molecule has 3 nitrogen and oxygen atoms in total. The number of anilines is 1. The number of nitrogen functional groups attached to an aromatic ring is 1. The van der Waals surface area contributed by atoms with Crippen molar-refractivity contribution in [2.24, 2.45) is 0 Å². The fraction of sp³-hybridized carbons (Fsp3) is 0. The molecule has 2 aromatic rings. The van der Waals surface area contributed by atoms with Crippen LogP contribution in [0, 0.1) is 5.82 Å². The Kier molecular flexibility index (Phi) is 2.64. The molecule has 0 aliphatic rings. The molecule has 0 saturated carbocycles. The molecular weight excluding hydrogens is 261 g/mol. The zero-order valence-electron chi connectivity index (χ0n) is 7.61. The van der Waals surface area contributed by atoms with Gasteiger partial charge in [0.15, 0.2) is 5.82 Å². The van der Waals surface area contributed by atoms with Gasteiger partial charge in [0.2, 0.25) is 5.95 Å². The lowest BCUT2D eigenvalue weighted by Gasteiger charge is -2.03. The van der Waals surface area contributed by atoms with Crippen LogP contribution in [0.15, 0.2) is 34.9 Å². The molecule has 0 bridgehead atoms. The summed E-state index contributed by atoms with van der Waals surface area (Å²) in [4.78, 5) is 7.42. The second kappa shape index (κ2) is 3.94. The topological polar surface area (TPSA) is 51.8 Å². The minimum absolute atomic E-state index is 0.0615. The molecule has 0 radical (unpaired) electrons. The van der Waals surface area contributed by atoms with E-state index in [4.69, 9.17) is 5.73 Å². The molecule has 76 valence electrons. The Balaban J connectivity index is 2.58. The summed E-state index contributed by atoms with van der Waals surface area (Å²) >= 11 is 3.31. The van der Waals surface area contributed by atoms with E-state index in [0.717, 1.165) is 10.7 Å². The van der Waals surface area contributed by atoms with Crippen molar-refractivity contribution in [3.63, 3.8) is 0 Å². The number of hydrogen-bond acceptors (Lipinski definition) is 3. The normalized spacial score (nSPS) is 10.3. The predicted octanol–water partition coefficient (Wildman–Crippen LogP) is 2.63. The maximum absolute atomic E-state index is 13.4. The van der Waals surface area contributed by atoms with E-state index >= 15 is 0 Å². The Labute approximate surface area is 94.3 Å². The first kappa shape index (κ1) is 10.0. The number of halogens is 2. The molecule has 1 aromatic carbocycles. The van der Waals surface area contributed by atoms with Gasteiger partial charge in [0, 0.05) is 10.0 Å². The van der Waals surface area contributed by atoms with Gasteiger partial charge in [0.25, 0.3) is 0 Å². The summed E-state index contributed by atoms with van der Waals surface area (Å²) in [5, 5.41) is 0. The quantitative estimate of drug-likeness (QED) is 0.864. The van der Waals surface area contributed by atoms with Gasteiger partial charge >= 0.3 is 0 Å². The third kappa shape index (κ3) is 2.12. The summed E-state index contributed by atoms with van der Waals surface area (Å²) in [5.41, 5.74) is 6.28. The maximum atomic E-state index is 13.4. The molecule has 0 fully saturated rings. The van der Waals surface area contributed by atoms with Crippen LogP contribution >= 0.6 is 15.9 Å². The number of hydrogen-bond donors (Lipinski definition) is 1. The summed E-state index contributed by atoms with van der Waals surface area (Å²) in [7, 11) is 0. The maximum Gasteiger partial charge on any atom is 0.220 e. The summed E-state index contributed by atoms with van der Waals surface area (Å²) in [6.07, 6.45) is 1.07. The molecule has 1 aromatic heterocycles. The fourth-order valence-electron chi connectivity index (χ4n) is 1.22. The zero-order chi connectivity index (χ0) is 10.8. The fourth-order valence-corrected chi connectivity index (χ4v) is 1.62. The number of nitrogens with zero attached hydrogens (tertiary/aromatic N) is 2. The molecule has 0 aliphatic heterocycles. The number of nitrogens with two attached hydrogens (primary N) is 1. The highest BCUT2D eigenvalue weighted by Gasteiger charge is 2.08. The van der Waals surface area contributed by atoms with Crippen molar-refractivity contribution < 1.29 is 4.39 Å². The lowest BCUT2D eigenvalue weighted by molar-refractivity contribution is 0.619. The number of rotatable bonds is 1. The Hall–Kier alpha value is -1.49. The van der Waals surface area contributed by atoms with Gasteiger partial charge in [0.1, 0.15) is 5.69 Å². The number of aromatic nitrogens is 2. The van der Waals surface area contributed by atoms with E-state index in [1.54, 1.807) is 18.2 Å². The SMILES string of the molecule is Nc1ncc(F)c(-c2cccc(Br)c2)n1. The molecule has 0 spiro atoms. The van der Waals surface area contributed by atoms with Crippen molar-refractivity contribution in [2.75, 3.05) is 5.73 Å². The lowest BCUT2D eigenvalue weighted by Crippen LogP contribution is -1.98. The molecule has 15 heavy (non-hydrogen) atoms. The minimum atomic E-state index is -0.484. The van der Waals surface area contributed by atoms with Crippen molar-refractivity contribution in [3.05, 3.63) is 40.8 Å². The highest BCUT2D eigenvalue weighted by Crippen LogP contribution is 2.23. The van der Waals surface area contributed by atoms with E-state index in [1.165, 1.54) is 0 Å². The van der Waals surface area contributed by atoms with E-state index < -0.39 is 5.82 Å². The van der Waals surface area contributed by atoms with Gasteiger partial charge in [-0.1, -0.05) is 28.1 Å². The summed E-state index contributed by atoms with van der Waals surface area (Å²) in [6.45, 7) is 0. The predicted molar refractivity (Wildman–Crippen MR) is 59.5 cm³/mol. The standard InChI is InChI=1S/C10H7BrFN3/c11-7-3-1-2-6(4-7)9-8(12)5-14-10(13)15-9/h1-5H,(H2,13,14,15). The zero-order valence-corrected chi connectivity index (χ0v) is 9.20. The Morgan fingerprint density at radius 2 is 2.13 bits per heavy atom. The molecule has 0 amide bonds. The van der Waals surface area contributed by atoms with E-state index in [-0.39, 0.29) is 11.6 Å². The second-order valence-corrected chi connectivity index (χ2v) is 3.85.